The molecule has 6 nitrogen and oxygen atoms in total. The minimum Gasteiger partial charge on any atom is -0.493 e. The maximum Gasteiger partial charge on any atom is 0.309 e. The van der Waals surface area contributed by atoms with Crippen molar-refractivity contribution in [3.05, 3.63) is 29.3 Å². The van der Waals surface area contributed by atoms with E-state index in [2.05, 4.69) is 12.1 Å². The third-order valence-electron chi connectivity index (χ3n) is 5.44. The minimum absolute atomic E-state index is 0.104. The van der Waals surface area contributed by atoms with Crippen molar-refractivity contribution >= 4 is 5.97 Å². The average Bonchev–Trinajstić information content (AvgIpc) is 3.47. The first kappa shape index (κ1) is 21.1. The summed E-state index contributed by atoms with van der Waals surface area (Å²) in [5.41, 5.74) is 2.28. The number of hydrogen-bond donors (Lipinski definition) is 1. The lowest BCUT2D eigenvalue weighted by atomic mass is 10.00. The number of cyclic esters (lactones) is 1. The predicted molar refractivity (Wildman–Crippen MR) is 104 cm³/mol. The summed E-state index contributed by atoms with van der Waals surface area (Å²) in [7, 11) is 1.69. The van der Waals surface area contributed by atoms with Gasteiger partial charge in [0.1, 0.15) is 18.0 Å². The van der Waals surface area contributed by atoms with Gasteiger partial charge >= 0.3 is 5.97 Å². The number of rotatable bonds is 12. The molecule has 1 saturated carbocycles. The van der Waals surface area contributed by atoms with Gasteiger partial charge in [0, 0.05) is 26.6 Å². The van der Waals surface area contributed by atoms with Gasteiger partial charge in [-0.1, -0.05) is 19.1 Å². The zero-order valence-electron chi connectivity index (χ0n) is 16.9. The monoisotopic (exact) mass is 392 g/mol. The van der Waals surface area contributed by atoms with E-state index in [0.29, 0.717) is 32.2 Å². The van der Waals surface area contributed by atoms with Crippen molar-refractivity contribution in [2.45, 2.75) is 63.8 Å². The molecule has 2 aliphatic rings. The smallest absolute Gasteiger partial charge is 0.309 e. The summed E-state index contributed by atoms with van der Waals surface area (Å²) in [6.45, 7) is 3.79. The Hall–Kier alpha value is -1.63. The van der Waals surface area contributed by atoms with E-state index in [-0.39, 0.29) is 18.5 Å². The largest absolute Gasteiger partial charge is 0.493 e. The van der Waals surface area contributed by atoms with Gasteiger partial charge in [-0.2, -0.15) is 0 Å². The molecule has 3 rings (SSSR count). The topological polar surface area (TPSA) is 74.2 Å². The van der Waals surface area contributed by atoms with Gasteiger partial charge in [0.25, 0.3) is 0 Å². The van der Waals surface area contributed by atoms with Crippen molar-refractivity contribution in [1.29, 1.82) is 0 Å². The molecule has 0 amide bonds. The Morgan fingerprint density at radius 3 is 2.79 bits per heavy atom. The Morgan fingerprint density at radius 2 is 2.11 bits per heavy atom. The summed E-state index contributed by atoms with van der Waals surface area (Å²) in [6, 6.07) is 6.23. The molecule has 0 aromatic heterocycles. The highest BCUT2D eigenvalue weighted by Crippen LogP contribution is 2.44. The Bertz CT molecular complexity index is 642. The Balaban J connectivity index is 1.49. The maximum absolute atomic E-state index is 11.7. The number of ether oxygens (including phenoxy) is 4. The summed E-state index contributed by atoms with van der Waals surface area (Å²) in [4.78, 5) is 11.7. The number of benzene rings is 1. The van der Waals surface area contributed by atoms with E-state index >= 15 is 0 Å². The number of carbonyl (C=O) groups excluding carboxylic acids is 1. The van der Waals surface area contributed by atoms with Crippen LogP contribution in [0, 0.1) is 5.92 Å². The molecule has 3 atom stereocenters. The minimum atomic E-state index is -0.795. The predicted octanol–water partition coefficient (Wildman–Crippen LogP) is 3.20. The number of aliphatic hydroxyl groups is 1. The van der Waals surface area contributed by atoms with Gasteiger partial charge in [-0.15, -0.1) is 0 Å². The molecule has 28 heavy (non-hydrogen) atoms. The Morgan fingerprint density at radius 1 is 1.29 bits per heavy atom. The van der Waals surface area contributed by atoms with Gasteiger partial charge in [0.15, 0.2) is 0 Å². The second-order valence-corrected chi connectivity index (χ2v) is 7.74. The van der Waals surface area contributed by atoms with Crippen LogP contribution in [0.3, 0.4) is 0 Å². The highest BCUT2D eigenvalue weighted by atomic mass is 16.6. The molecular formula is C22H32O6. The maximum atomic E-state index is 11.7. The van der Waals surface area contributed by atoms with Crippen molar-refractivity contribution in [3.63, 3.8) is 0 Å². The molecule has 1 aliphatic heterocycles. The van der Waals surface area contributed by atoms with E-state index in [4.69, 9.17) is 18.9 Å². The van der Waals surface area contributed by atoms with Gasteiger partial charge in [0.2, 0.25) is 0 Å². The number of methoxy groups -OCH3 is 1. The van der Waals surface area contributed by atoms with Crippen molar-refractivity contribution < 1.29 is 28.8 Å². The molecule has 1 heterocycles. The molecule has 1 N–H and O–H groups in total. The lowest BCUT2D eigenvalue weighted by molar-refractivity contribution is -0.149. The number of hydrogen-bond acceptors (Lipinski definition) is 6. The van der Waals surface area contributed by atoms with E-state index in [1.54, 1.807) is 7.11 Å². The quantitative estimate of drug-likeness (QED) is 0.435. The average molecular weight is 392 g/mol. The summed E-state index contributed by atoms with van der Waals surface area (Å²) in [6.07, 6.45) is 3.33. The fourth-order valence-corrected chi connectivity index (χ4v) is 3.55. The van der Waals surface area contributed by atoms with E-state index < -0.39 is 12.2 Å². The highest BCUT2D eigenvalue weighted by Gasteiger charge is 2.37. The van der Waals surface area contributed by atoms with Gasteiger partial charge < -0.3 is 24.1 Å². The molecule has 0 bridgehead atoms. The standard InChI is InChI=1S/C22H32O6/c1-3-16-12-21(28-22(16)24)19(23)14-26-13-15-5-8-18(17-6-7-17)20(11-15)27-10-4-9-25-2/h5,8,11,16-17,19,21,23H,3-4,6-7,9-10,12-14H2,1-2H3/t16-,19-,21+/m1/s1. The first-order valence-electron chi connectivity index (χ1n) is 10.3. The van der Waals surface area contributed by atoms with E-state index in [1.165, 1.54) is 18.4 Å². The van der Waals surface area contributed by atoms with E-state index in [0.717, 1.165) is 24.2 Å². The van der Waals surface area contributed by atoms with Crippen LogP contribution in [-0.2, 0) is 25.6 Å². The second-order valence-electron chi connectivity index (χ2n) is 7.74. The third kappa shape index (κ3) is 5.69. The fraction of sp³-hybridized carbons (Fsp3) is 0.682. The summed E-state index contributed by atoms with van der Waals surface area (Å²) >= 11 is 0. The molecule has 1 aromatic carbocycles. The zero-order chi connectivity index (χ0) is 19.9. The molecular weight excluding hydrogens is 360 g/mol. The van der Waals surface area contributed by atoms with Crippen LogP contribution >= 0.6 is 0 Å². The first-order valence-corrected chi connectivity index (χ1v) is 10.3. The van der Waals surface area contributed by atoms with Crippen LogP contribution < -0.4 is 4.74 Å². The summed E-state index contributed by atoms with van der Waals surface area (Å²) in [5, 5.41) is 10.3. The molecule has 6 heteroatoms. The Labute approximate surface area is 167 Å². The lowest BCUT2D eigenvalue weighted by Crippen LogP contribution is -2.30. The molecule has 1 aromatic rings. The van der Waals surface area contributed by atoms with E-state index in [9.17, 15) is 9.90 Å². The molecule has 0 radical (unpaired) electrons. The SMILES string of the molecule is CC[C@@H]1C[C@@H]([C@H](O)COCc2ccc(C3CC3)c(OCCCOC)c2)OC1=O. The van der Waals surface area contributed by atoms with Crippen LogP contribution in [0.4, 0.5) is 0 Å². The molecule has 0 unspecified atom stereocenters. The lowest BCUT2D eigenvalue weighted by Gasteiger charge is -2.17. The molecule has 156 valence electrons. The molecule has 2 fully saturated rings. The molecule has 1 saturated heterocycles. The van der Waals surface area contributed by atoms with Crippen LogP contribution in [-0.4, -0.2) is 50.2 Å². The normalized spacial score (nSPS) is 22.9. The third-order valence-corrected chi connectivity index (χ3v) is 5.44. The number of carbonyl (C=O) groups is 1. The van der Waals surface area contributed by atoms with Crippen molar-refractivity contribution in [2.24, 2.45) is 5.92 Å². The Kier molecular flexibility index (Phi) is 7.71. The summed E-state index contributed by atoms with van der Waals surface area (Å²) in [5.74, 6) is 1.22. The van der Waals surface area contributed by atoms with Crippen molar-refractivity contribution in [1.82, 2.24) is 0 Å². The summed E-state index contributed by atoms with van der Waals surface area (Å²) < 4.78 is 22.0. The van der Waals surface area contributed by atoms with Crippen LogP contribution in [0.2, 0.25) is 0 Å². The van der Waals surface area contributed by atoms with Crippen LogP contribution in [0.15, 0.2) is 18.2 Å². The van der Waals surface area contributed by atoms with Crippen LogP contribution in [0.5, 0.6) is 5.75 Å². The first-order chi connectivity index (χ1) is 13.6. The molecule has 1 aliphatic carbocycles. The number of esters is 1. The highest BCUT2D eigenvalue weighted by molar-refractivity contribution is 5.74. The van der Waals surface area contributed by atoms with Crippen LogP contribution in [0.1, 0.15) is 56.1 Å². The second kappa shape index (κ2) is 10.2. The van der Waals surface area contributed by atoms with Crippen molar-refractivity contribution in [3.8, 4) is 5.75 Å². The number of aliphatic hydroxyl groups excluding tert-OH is 1. The van der Waals surface area contributed by atoms with Gasteiger partial charge in [-0.3, -0.25) is 4.79 Å². The van der Waals surface area contributed by atoms with Crippen LogP contribution in [0.25, 0.3) is 0 Å². The zero-order valence-corrected chi connectivity index (χ0v) is 16.9. The molecule has 0 spiro atoms. The van der Waals surface area contributed by atoms with E-state index in [1.807, 2.05) is 13.0 Å². The van der Waals surface area contributed by atoms with Gasteiger partial charge in [-0.25, -0.2) is 0 Å². The van der Waals surface area contributed by atoms with Gasteiger partial charge in [-0.05, 0) is 42.4 Å². The fourth-order valence-electron chi connectivity index (χ4n) is 3.55. The van der Waals surface area contributed by atoms with Gasteiger partial charge in [0.05, 0.1) is 25.7 Å². The van der Waals surface area contributed by atoms with Crippen molar-refractivity contribution in [2.75, 3.05) is 26.9 Å².